The predicted octanol–water partition coefficient (Wildman–Crippen LogP) is 5.28. The van der Waals surface area contributed by atoms with Crippen molar-refractivity contribution in [2.75, 3.05) is 7.11 Å². The maximum absolute atomic E-state index is 5.82. The molecule has 0 N–H and O–H groups in total. The third kappa shape index (κ3) is 4.13. The molecule has 2 aromatic rings. The minimum absolute atomic E-state index is 0.0332. The summed E-state index contributed by atoms with van der Waals surface area (Å²) in [7, 11) is 1.77. The normalized spacial score (nSPS) is 12.3. The SMILES string of the molecule is COc1c(Cc2ccccn2)cc(C(C)(C)C)cc1C(C)(C)C. The fourth-order valence-electron chi connectivity index (χ4n) is 2.75. The van der Waals surface area contributed by atoms with Crippen molar-refractivity contribution in [2.24, 2.45) is 0 Å². The van der Waals surface area contributed by atoms with Gasteiger partial charge in [-0.3, -0.25) is 4.98 Å². The Balaban J connectivity index is 2.63. The largest absolute Gasteiger partial charge is 0.496 e. The van der Waals surface area contributed by atoms with Gasteiger partial charge in [0.1, 0.15) is 5.75 Å². The van der Waals surface area contributed by atoms with Crippen LogP contribution < -0.4 is 4.74 Å². The number of nitrogens with zero attached hydrogens (tertiary/aromatic N) is 1. The van der Waals surface area contributed by atoms with Crippen LogP contribution in [-0.4, -0.2) is 12.1 Å². The summed E-state index contributed by atoms with van der Waals surface area (Å²) in [5.41, 5.74) is 5.02. The molecule has 2 rings (SSSR count). The number of rotatable bonds is 3. The first kappa shape index (κ1) is 17.5. The van der Waals surface area contributed by atoms with E-state index < -0.39 is 0 Å². The van der Waals surface area contributed by atoms with Crippen molar-refractivity contribution < 1.29 is 4.74 Å². The molecule has 0 bridgehead atoms. The molecule has 0 saturated heterocycles. The Hall–Kier alpha value is -1.83. The summed E-state index contributed by atoms with van der Waals surface area (Å²) in [4.78, 5) is 4.48. The quantitative estimate of drug-likeness (QED) is 0.769. The topological polar surface area (TPSA) is 22.1 Å². The van der Waals surface area contributed by atoms with Gasteiger partial charge in [0.05, 0.1) is 7.11 Å². The molecule has 1 aromatic carbocycles. The predicted molar refractivity (Wildman–Crippen MR) is 97.4 cm³/mol. The number of hydrogen-bond acceptors (Lipinski definition) is 2. The Bertz CT molecular complexity index is 661. The van der Waals surface area contributed by atoms with E-state index in [1.807, 2.05) is 18.3 Å². The molecule has 124 valence electrons. The first-order valence-electron chi connectivity index (χ1n) is 8.24. The highest BCUT2D eigenvalue weighted by molar-refractivity contribution is 5.50. The summed E-state index contributed by atoms with van der Waals surface area (Å²) >= 11 is 0. The number of aromatic nitrogens is 1. The van der Waals surface area contributed by atoms with E-state index in [1.54, 1.807) is 7.11 Å². The molecule has 2 nitrogen and oxygen atoms in total. The average molecular weight is 311 g/mol. The molecule has 0 aliphatic carbocycles. The highest BCUT2D eigenvalue weighted by Gasteiger charge is 2.25. The molecule has 0 aliphatic rings. The molecule has 0 amide bonds. The van der Waals surface area contributed by atoms with Crippen LogP contribution in [0.2, 0.25) is 0 Å². The lowest BCUT2D eigenvalue weighted by molar-refractivity contribution is 0.392. The van der Waals surface area contributed by atoms with Gasteiger partial charge in [-0.2, -0.15) is 0 Å². The summed E-state index contributed by atoms with van der Waals surface area (Å²) in [6.07, 6.45) is 2.64. The Morgan fingerprint density at radius 2 is 1.65 bits per heavy atom. The van der Waals surface area contributed by atoms with Crippen LogP contribution >= 0.6 is 0 Å². The standard InChI is InChI=1S/C21H29NO/c1-20(2,3)16-12-15(13-17-10-8-9-11-22-17)19(23-7)18(14-16)21(4,5)6/h8-12,14H,13H2,1-7H3. The van der Waals surface area contributed by atoms with Crippen LogP contribution in [0.1, 0.15) is 63.9 Å². The summed E-state index contributed by atoms with van der Waals surface area (Å²) in [5.74, 6) is 0.996. The van der Waals surface area contributed by atoms with Crippen molar-refractivity contribution in [1.29, 1.82) is 0 Å². The van der Waals surface area contributed by atoms with E-state index in [1.165, 1.54) is 16.7 Å². The number of pyridine rings is 1. The van der Waals surface area contributed by atoms with Gasteiger partial charge in [-0.1, -0.05) is 59.7 Å². The molecule has 23 heavy (non-hydrogen) atoms. The van der Waals surface area contributed by atoms with Crippen LogP contribution in [0.3, 0.4) is 0 Å². The van der Waals surface area contributed by atoms with E-state index in [0.717, 1.165) is 17.9 Å². The zero-order valence-electron chi connectivity index (χ0n) is 15.5. The summed E-state index contributed by atoms with van der Waals surface area (Å²) in [5, 5.41) is 0. The van der Waals surface area contributed by atoms with Gasteiger partial charge in [-0.25, -0.2) is 0 Å². The maximum Gasteiger partial charge on any atom is 0.126 e. The Labute approximate surface area is 140 Å². The van der Waals surface area contributed by atoms with Crippen LogP contribution in [0.15, 0.2) is 36.5 Å². The van der Waals surface area contributed by atoms with Crippen LogP contribution in [-0.2, 0) is 17.3 Å². The molecule has 0 atom stereocenters. The molecule has 0 fully saturated rings. The van der Waals surface area contributed by atoms with E-state index in [0.29, 0.717) is 0 Å². The van der Waals surface area contributed by atoms with E-state index in [9.17, 15) is 0 Å². The van der Waals surface area contributed by atoms with Gasteiger partial charge in [0.25, 0.3) is 0 Å². The van der Waals surface area contributed by atoms with E-state index in [2.05, 4.69) is 64.7 Å². The number of ether oxygens (including phenoxy) is 1. The highest BCUT2D eigenvalue weighted by Crippen LogP contribution is 2.38. The third-order valence-corrected chi connectivity index (χ3v) is 4.14. The molecule has 1 heterocycles. The van der Waals surface area contributed by atoms with Crippen LogP contribution in [0.5, 0.6) is 5.75 Å². The van der Waals surface area contributed by atoms with Crippen LogP contribution in [0, 0.1) is 0 Å². The van der Waals surface area contributed by atoms with E-state index in [4.69, 9.17) is 4.74 Å². The zero-order chi connectivity index (χ0) is 17.3. The Morgan fingerprint density at radius 1 is 0.957 bits per heavy atom. The van der Waals surface area contributed by atoms with Crippen LogP contribution in [0.25, 0.3) is 0 Å². The maximum atomic E-state index is 5.82. The minimum Gasteiger partial charge on any atom is -0.496 e. The lowest BCUT2D eigenvalue weighted by atomic mass is 9.78. The van der Waals surface area contributed by atoms with Crippen molar-refractivity contribution in [3.05, 3.63) is 58.9 Å². The second kappa shape index (κ2) is 6.35. The molecular formula is C21H29NO. The van der Waals surface area contributed by atoms with Crippen LogP contribution in [0.4, 0.5) is 0 Å². The van der Waals surface area contributed by atoms with Gasteiger partial charge in [0, 0.05) is 29.4 Å². The zero-order valence-corrected chi connectivity index (χ0v) is 15.5. The second-order valence-electron chi connectivity index (χ2n) is 8.21. The van der Waals surface area contributed by atoms with Crippen molar-refractivity contribution in [3.8, 4) is 5.75 Å². The van der Waals surface area contributed by atoms with E-state index in [-0.39, 0.29) is 10.8 Å². The third-order valence-electron chi connectivity index (χ3n) is 4.14. The monoisotopic (exact) mass is 311 g/mol. The van der Waals surface area contributed by atoms with Gasteiger partial charge in [-0.05, 0) is 28.5 Å². The molecule has 0 spiro atoms. The fraction of sp³-hybridized carbons (Fsp3) is 0.476. The summed E-state index contributed by atoms with van der Waals surface area (Å²) < 4.78 is 5.82. The second-order valence-corrected chi connectivity index (χ2v) is 8.21. The molecule has 0 saturated carbocycles. The Morgan fingerprint density at radius 3 is 2.13 bits per heavy atom. The lowest BCUT2D eigenvalue weighted by Crippen LogP contribution is -2.19. The molecule has 2 heteroatoms. The van der Waals surface area contributed by atoms with Crippen molar-refractivity contribution in [2.45, 2.75) is 58.8 Å². The number of hydrogen-bond donors (Lipinski definition) is 0. The van der Waals surface area contributed by atoms with Gasteiger partial charge >= 0.3 is 0 Å². The van der Waals surface area contributed by atoms with Crippen molar-refractivity contribution in [3.63, 3.8) is 0 Å². The molecule has 0 aliphatic heterocycles. The average Bonchev–Trinajstić information content (AvgIpc) is 2.45. The fourth-order valence-corrected chi connectivity index (χ4v) is 2.75. The van der Waals surface area contributed by atoms with Gasteiger partial charge < -0.3 is 4.74 Å². The number of methoxy groups -OCH3 is 1. The molecule has 1 aromatic heterocycles. The minimum atomic E-state index is 0.0332. The van der Waals surface area contributed by atoms with Gasteiger partial charge in [-0.15, -0.1) is 0 Å². The van der Waals surface area contributed by atoms with E-state index >= 15 is 0 Å². The van der Waals surface area contributed by atoms with Gasteiger partial charge in [0.15, 0.2) is 0 Å². The first-order chi connectivity index (χ1) is 10.6. The molecular weight excluding hydrogens is 282 g/mol. The lowest BCUT2D eigenvalue weighted by Gasteiger charge is -2.29. The Kier molecular flexibility index (Phi) is 4.84. The smallest absolute Gasteiger partial charge is 0.126 e. The molecule has 0 radical (unpaired) electrons. The summed E-state index contributed by atoms with van der Waals surface area (Å²) in [6.45, 7) is 13.5. The summed E-state index contributed by atoms with van der Waals surface area (Å²) in [6, 6.07) is 10.6. The van der Waals surface area contributed by atoms with Crippen molar-refractivity contribution in [1.82, 2.24) is 4.98 Å². The highest BCUT2D eigenvalue weighted by atomic mass is 16.5. The molecule has 0 unspecified atom stereocenters. The first-order valence-corrected chi connectivity index (χ1v) is 8.24. The van der Waals surface area contributed by atoms with Crippen molar-refractivity contribution >= 4 is 0 Å². The number of benzene rings is 1. The van der Waals surface area contributed by atoms with Gasteiger partial charge in [0.2, 0.25) is 0 Å².